The Morgan fingerprint density at radius 3 is 2.92 bits per heavy atom. The molecule has 130 valence electrons. The maximum absolute atomic E-state index is 14.6. The number of hydrogen-bond acceptors (Lipinski definition) is 6. The molecule has 0 N–H and O–H groups in total. The second-order valence-corrected chi connectivity index (χ2v) is 5.68. The first-order valence-corrected chi connectivity index (χ1v) is 8.15. The van der Waals surface area contributed by atoms with Crippen molar-refractivity contribution in [2.45, 2.75) is 6.92 Å². The molecule has 1 aliphatic heterocycles. The van der Waals surface area contributed by atoms with Crippen molar-refractivity contribution in [2.75, 3.05) is 37.8 Å². The summed E-state index contributed by atoms with van der Waals surface area (Å²) in [6.45, 7) is 4.29. The fourth-order valence-electron chi connectivity index (χ4n) is 3.06. The van der Waals surface area contributed by atoms with Crippen LogP contribution in [0.5, 0.6) is 0 Å². The lowest BCUT2D eigenvalue weighted by atomic mass is 10.2. The molecule has 1 fully saturated rings. The number of esters is 1. The van der Waals surface area contributed by atoms with Crippen LogP contribution in [-0.4, -0.2) is 53.2 Å². The summed E-state index contributed by atoms with van der Waals surface area (Å²) in [6.07, 6.45) is 1.47. The van der Waals surface area contributed by atoms with Crippen LogP contribution in [0.1, 0.15) is 17.4 Å². The first-order valence-electron chi connectivity index (χ1n) is 8.15. The zero-order valence-electron chi connectivity index (χ0n) is 13.7. The van der Waals surface area contributed by atoms with Crippen molar-refractivity contribution in [2.24, 2.45) is 0 Å². The van der Waals surface area contributed by atoms with E-state index in [9.17, 15) is 9.18 Å². The lowest BCUT2D eigenvalue weighted by Crippen LogP contribution is -2.37. The minimum absolute atomic E-state index is 0.127. The van der Waals surface area contributed by atoms with Crippen molar-refractivity contribution in [3.63, 3.8) is 0 Å². The van der Waals surface area contributed by atoms with Crippen molar-refractivity contribution in [3.05, 3.63) is 36.0 Å². The van der Waals surface area contributed by atoms with Crippen LogP contribution in [0.4, 0.5) is 10.2 Å². The number of carbonyl (C=O) groups is 1. The molecule has 25 heavy (non-hydrogen) atoms. The molecule has 7 nitrogen and oxygen atoms in total. The fourth-order valence-corrected chi connectivity index (χ4v) is 3.06. The zero-order valence-corrected chi connectivity index (χ0v) is 13.7. The Bertz CT molecular complexity index is 950. The van der Waals surface area contributed by atoms with E-state index in [4.69, 9.17) is 9.47 Å². The Kier molecular flexibility index (Phi) is 3.96. The summed E-state index contributed by atoms with van der Waals surface area (Å²) in [6, 6.07) is 4.82. The molecule has 0 spiro atoms. The average molecular weight is 344 g/mol. The van der Waals surface area contributed by atoms with Gasteiger partial charge in [0.15, 0.2) is 11.3 Å². The number of hydrogen-bond donors (Lipinski definition) is 0. The molecule has 0 bridgehead atoms. The number of anilines is 1. The van der Waals surface area contributed by atoms with Crippen LogP contribution >= 0.6 is 0 Å². The molecule has 8 heteroatoms. The number of rotatable bonds is 3. The van der Waals surface area contributed by atoms with Gasteiger partial charge in [-0.15, -0.1) is 0 Å². The van der Waals surface area contributed by atoms with Crippen molar-refractivity contribution < 1.29 is 18.7 Å². The topological polar surface area (TPSA) is 69.0 Å². The third kappa shape index (κ3) is 2.58. The van der Waals surface area contributed by atoms with E-state index >= 15 is 0 Å². The van der Waals surface area contributed by atoms with E-state index < -0.39 is 5.97 Å². The lowest BCUT2D eigenvalue weighted by molar-refractivity contribution is 0.0522. The summed E-state index contributed by atoms with van der Waals surface area (Å²) in [5, 5.41) is 0.407. The van der Waals surface area contributed by atoms with Crippen LogP contribution in [0.25, 0.3) is 16.6 Å². The van der Waals surface area contributed by atoms with Crippen molar-refractivity contribution >= 4 is 28.3 Å². The minimum atomic E-state index is -0.541. The molecular formula is C17H17FN4O3. The highest BCUT2D eigenvalue weighted by atomic mass is 19.1. The van der Waals surface area contributed by atoms with Crippen LogP contribution in [0.2, 0.25) is 0 Å². The number of nitrogens with zero attached hydrogens (tertiary/aromatic N) is 4. The minimum Gasteiger partial charge on any atom is -0.461 e. The van der Waals surface area contributed by atoms with Crippen LogP contribution < -0.4 is 4.90 Å². The quantitative estimate of drug-likeness (QED) is 0.677. The summed E-state index contributed by atoms with van der Waals surface area (Å²) < 4.78 is 26.6. The van der Waals surface area contributed by atoms with Gasteiger partial charge < -0.3 is 14.4 Å². The van der Waals surface area contributed by atoms with Crippen LogP contribution in [0.15, 0.2) is 24.5 Å². The largest absolute Gasteiger partial charge is 0.461 e. The number of fused-ring (bicyclic) bond motifs is 3. The highest BCUT2D eigenvalue weighted by Crippen LogP contribution is 2.30. The monoisotopic (exact) mass is 344 g/mol. The van der Waals surface area contributed by atoms with Crippen LogP contribution in [0, 0.1) is 5.82 Å². The van der Waals surface area contributed by atoms with Crippen molar-refractivity contribution in [1.29, 1.82) is 0 Å². The number of imidazole rings is 1. The maximum Gasteiger partial charge on any atom is 0.360 e. The van der Waals surface area contributed by atoms with Gasteiger partial charge in [-0.3, -0.25) is 4.40 Å². The summed E-state index contributed by atoms with van der Waals surface area (Å²) in [4.78, 5) is 22.9. The summed E-state index contributed by atoms with van der Waals surface area (Å²) in [7, 11) is 0. The molecule has 0 atom stereocenters. The van der Waals surface area contributed by atoms with Crippen LogP contribution in [-0.2, 0) is 9.47 Å². The van der Waals surface area contributed by atoms with Crippen LogP contribution in [0.3, 0.4) is 0 Å². The predicted molar refractivity (Wildman–Crippen MR) is 89.4 cm³/mol. The van der Waals surface area contributed by atoms with Gasteiger partial charge in [0.25, 0.3) is 0 Å². The molecule has 2 aromatic heterocycles. The van der Waals surface area contributed by atoms with Gasteiger partial charge in [0, 0.05) is 13.1 Å². The highest BCUT2D eigenvalue weighted by molar-refractivity contribution is 5.98. The Hall–Kier alpha value is -2.74. The number of carbonyl (C=O) groups excluding carboxylic acids is 1. The Morgan fingerprint density at radius 1 is 1.36 bits per heavy atom. The first kappa shape index (κ1) is 15.8. The zero-order chi connectivity index (χ0) is 17.4. The molecule has 0 aliphatic carbocycles. The number of benzene rings is 1. The van der Waals surface area contributed by atoms with E-state index in [1.165, 1.54) is 12.4 Å². The molecular weight excluding hydrogens is 327 g/mol. The van der Waals surface area contributed by atoms with Gasteiger partial charge in [-0.05, 0) is 19.1 Å². The summed E-state index contributed by atoms with van der Waals surface area (Å²) in [5.74, 6) is -0.407. The lowest BCUT2D eigenvalue weighted by Gasteiger charge is -2.29. The van der Waals surface area contributed by atoms with Gasteiger partial charge in [0.1, 0.15) is 18.0 Å². The van der Waals surface area contributed by atoms with E-state index in [1.807, 2.05) is 4.90 Å². The molecule has 0 unspecified atom stereocenters. The van der Waals surface area contributed by atoms with E-state index in [1.54, 1.807) is 23.5 Å². The number of halogens is 1. The normalized spacial score (nSPS) is 15.0. The molecule has 0 saturated carbocycles. The molecule has 4 rings (SSSR count). The van der Waals surface area contributed by atoms with Gasteiger partial charge in [-0.2, -0.15) is 0 Å². The summed E-state index contributed by atoms with van der Waals surface area (Å²) >= 11 is 0. The Labute approximate surface area is 143 Å². The van der Waals surface area contributed by atoms with Gasteiger partial charge in [0.2, 0.25) is 0 Å². The fraction of sp³-hybridized carbons (Fsp3) is 0.353. The van der Waals surface area contributed by atoms with Gasteiger partial charge >= 0.3 is 5.97 Å². The van der Waals surface area contributed by atoms with Crippen molar-refractivity contribution in [1.82, 2.24) is 14.4 Å². The summed E-state index contributed by atoms with van der Waals surface area (Å²) in [5.41, 5.74) is 1.09. The predicted octanol–water partition coefficient (Wildman–Crippen LogP) is 2.03. The molecule has 3 aromatic rings. The Balaban J connectivity index is 1.99. The SMILES string of the molecule is CCOC(=O)c1ncn2c1nc(N1CCOCC1)c1c(F)cccc12. The number of morpholine rings is 1. The average Bonchev–Trinajstić information content (AvgIpc) is 3.06. The smallest absolute Gasteiger partial charge is 0.360 e. The van der Waals surface area contributed by atoms with Gasteiger partial charge in [-0.1, -0.05) is 6.07 Å². The molecule has 3 heterocycles. The third-order valence-corrected chi connectivity index (χ3v) is 4.21. The van der Waals surface area contributed by atoms with E-state index in [2.05, 4.69) is 9.97 Å². The number of aromatic nitrogens is 3. The first-order chi connectivity index (χ1) is 12.2. The molecule has 1 saturated heterocycles. The Morgan fingerprint density at radius 2 is 2.16 bits per heavy atom. The molecule has 0 amide bonds. The van der Waals surface area contributed by atoms with Gasteiger partial charge in [0.05, 0.1) is 30.7 Å². The number of ether oxygens (including phenoxy) is 2. The van der Waals surface area contributed by atoms with E-state index in [0.717, 1.165) is 0 Å². The second-order valence-electron chi connectivity index (χ2n) is 5.68. The standard InChI is InChI=1S/C17H17FN4O3/c1-2-25-17(23)14-16-20-15(21-6-8-24-9-7-21)13-11(18)4-3-5-12(13)22(16)10-19-14/h3-5,10H,2,6-9H2,1H3. The maximum atomic E-state index is 14.6. The van der Waals surface area contributed by atoms with Crippen molar-refractivity contribution in [3.8, 4) is 0 Å². The highest BCUT2D eigenvalue weighted by Gasteiger charge is 2.23. The van der Waals surface area contributed by atoms with Gasteiger partial charge in [-0.25, -0.2) is 19.2 Å². The van der Waals surface area contributed by atoms with E-state index in [-0.39, 0.29) is 18.1 Å². The van der Waals surface area contributed by atoms with E-state index in [0.29, 0.717) is 48.7 Å². The second kappa shape index (κ2) is 6.29. The molecule has 1 aliphatic rings. The third-order valence-electron chi connectivity index (χ3n) is 4.21. The molecule has 1 aromatic carbocycles. The molecule has 0 radical (unpaired) electrons.